The zero-order valence-corrected chi connectivity index (χ0v) is 11.6. The van der Waals surface area contributed by atoms with Gasteiger partial charge in [0, 0.05) is 19.1 Å². The molecule has 3 nitrogen and oxygen atoms in total. The lowest BCUT2D eigenvalue weighted by atomic mass is 10.2. The van der Waals surface area contributed by atoms with Gasteiger partial charge in [0.2, 0.25) is 5.91 Å². The van der Waals surface area contributed by atoms with Crippen molar-refractivity contribution in [3.8, 4) is 0 Å². The highest BCUT2D eigenvalue weighted by Crippen LogP contribution is 2.18. The molecule has 0 spiro atoms. The molecule has 1 aromatic heterocycles. The molecule has 1 aliphatic heterocycles. The minimum atomic E-state index is 0. The highest BCUT2D eigenvalue weighted by molar-refractivity contribution is 7.07. The van der Waals surface area contributed by atoms with Gasteiger partial charge in [-0.25, -0.2) is 0 Å². The van der Waals surface area contributed by atoms with Crippen LogP contribution in [-0.4, -0.2) is 37.0 Å². The Morgan fingerprint density at radius 3 is 3.12 bits per heavy atom. The van der Waals surface area contributed by atoms with Crippen molar-refractivity contribution in [2.24, 2.45) is 0 Å². The Labute approximate surface area is 113 Å². The molecule has 2 rings (SSSR count). The Morgan fingerprint density at radius 1 is 1.65 bits per heavy atom. The van der Waals surface area contributed by atoms with E-state index in [1.807, 2.05) is 23.4 Å². The Bertz CT molecular complexity index is 342. The van der Waals surface area contributed by atoms with Crippen LogP contribution >= 0.6 is 23.7 Å². The summed E-state index contributed by atoms with van der Waals surface area (Å²) in [7, 11) is 1.94. The van der Waals surface area contributed by atoms with E-state index in [0.717, 1.165) is 31.5 Å². The number of halogens is 1. The van der Waals surface area contributed by atoms with Crippen LogP contribution in [0.15, 0.2) is 16.8 Å². The molecule has 1 unspecified atom stereocenters. The fourth-order valence-corrected chi connectivity index (χ4v) is 2.95. The summed E-state index contributed by atoms with van der Waals surface area (Å²) in [6, 6.07) is 2.43. The second kappa shape index (κ2) is 6.99. The number of rotatable bonds is 4. The van der Waals surface area contributed by atoms with E-state index in [1.54, 1.807) is 11.3 Å². The fourth-order valence-electron chi connectivity index (χ4n) is 2.28. The standard InChI is InChI=1S/C12H18N2OS.ClH/c1-13-8-11-3-2-5-14(11)12(15)7-10-4-6-16-9-10;/h4,6,9,11,13H,2-3,5,7-8H2,1H3;1H. The van der Waals surface area contributed by atoms with Crippen LogP contribution in [0.25, 0.3) is 0 Å². The zero-order valence-electron chi connectivity index (χ0n) is 10.0. The van der Waals surface area contributed by atoms with Gasteiger partial charge in [-0.05, 0) is 42.3 Å². The van der Waals surface area contributed by atoms with Crippen LogP contribution in [0.5, 0.6) is 0 Å². The van der Waals surface area contributed by atoms with Crippen LogP contribution in [0.4, 0.5) is 0 Å². The summed E-state index contributed by atoms with van der Waals surface area (Å²) in [5, 5.41) is 7.24. The first kappa shape index (κ1) is 14.5. The van der Waals surface area contributed by atoms with Gasteiger partial charge in [-0.2, -0.15) is 11.3 Å². The smallest absolute Gasteiger partial charge is 0.227 e. The molecule has 1 amide bonds. The van der Waals surface area contributed by atoms with Gasteiger partial charge >= 0.3 is 0 Å². The van der Waals surface area contributed by atoms with Crippen LogP contribution in [0.3, 0.4) is 0 Å². The van der Waals surface area contributed by atoms with Crippen molar-refractivity contribution in [3.05, 3.63) is 22.4 Å². The molecule has 0 aliphatic carbocycles. The third-order valence-corrected chi connectivity index (χ3v) is 3.80. The summed E-state index contributed by atoms with van der Waals surface area (Å²) >= 11 is 1.65. The molecular formula is C12H19ClN2OS. The lowest BCUT2D eigenvalue weighted by Gasteiger charge is -2.24. The van der Waals surface area contributed by atoms with Crippen molar-refractivity contribution in [2.45, 2.75) is 25.3 Å². The van der Waals surface area contributed by atoms with E-state index < -0.39 is 0 Å². The topological polar surface area (TPSA) is 32.3 Å². The predicted molar refractivity (Wildman–Crippen MR) is 73.9 cm³/mol. The van der Waals surface area contributed by atoms with Gasteiger partial charge in [-0.15, -0.1) is 12.4 Å². The molecule has 0 bridgehead atoms. The van der Waals surface area contributed by atoms with Crippen LogP contribution in [-0.2, 0) is 11.2 Å². The van der Waals surface area contributed by atoms with Gasteiger partial charge in [-0.1, -0.05) is 0 Å². The molecule has 96 valence electrons. The van der Waals surface area contributed by atoms with Crippen molar-refractivity contribution in [3.63, 3.8) is 0 Å². The average Bonchev–Trinajstić information content (AvgIpc) is 2.89. The molecule has 1 aromatic rings. The van der Waals surface area contributed by atoms with E-state index in [9.17, 15) is 4.79 Å². The van der Waals surface area contributed by atoms with Gasteiger partial charge in [0.05, 0.1) is 6.42 Å². The summed E-state index contributed by atoms with van der Waals surface area (Å²) in [5.41, 5.74) is 1.14. The van der Waals surface area contributed by atoms with E-state index in [4.69, 9.17) is 0 Å². The number of thiophene rings is 1. The van der Waals surface area contributed by atoms with Crippen LogP contribution in [0.2, 0.25) is 0 Å². The number of nitrogens with zero attached hydrogens (tertiary/aromatic N) is 1. The third kappa shape index (κ3) is 3.69. The average molecular weight is 275 g/mol. The quantitative estimate of drug-likeness (QED) is 0.910. The summed E-state index contributed by atoms with van der Waals surface area (Å²) < 4.78 is 0. The van der Waals surface area contributed by atoms with Crippen molar-refractivity contribution in [1.29, 1.82) is 0 Å². The predicted octanol–water partition coefficient (Wildman–Crippen LogP) is 1.92. The monoisotopic (exact) mass is 274 g/mol. The highest BCUT2D eigenvalue weighted by Gasteiger charge is 2.27. The van der Waals surface area contributed by atoms with E-state index in [1.165, 1.54) is 0 Å². The van der Waals surface area contributed by atoms with E-state index in [-0.39, 0.29) is 18.3 Å². The molecule has 1 aliphatic rings. The van der Waals surface area contributed by atoms with Crippen molar-refractivity contribution < 1.29 is 4.79 Å². The van der Waals surface area contributed by atoms with Gasteiger partial charge in [0.1, 0.15) is 0 Å². The van der Waals surface area contributed by atoms with Crippen molar-refractivity contribution >= 4 is 29.7 Å². The van der Waals surface area contributed by atoms with Gasteiger partial charge in [0.15, 0.2) is 0 Å². The first-order chi connectivity index (χ1) is 7.81. The molecule has 1 N–H and O–H groups in total. The number of carbonyl (C=O) groups excluding carboxylic acids is 1. The first-order valence-electron chi connectivity index (χ1n) is 5.76. The third-order valence-electron chi connectivity index (χ3n) is 3.07. The summed E-state index contributed by atoms with van der Waals surface area (Å²) in [4.78, 5) is 14.1. The van der Waals surface area contributed by atoms with Crippen molar-refractivity contribution in [1.82, 2.24) is 10.2 Å². The van der Waals surface area contributed by atoms with Crippen molar-refractivity contribution in [2.75, 3.05) is 20.1 Å². The normalized spacial score (nSPS) is 19.1. The molecule has 5 heteroatoms. The number of hydrogen-bond acceptors (Lipinski definition) is 3. The lowest BCUT2D eigenvalue weighted by Crippen LogP contribution is -2.41. The maximum atomic E-state index is 12.1. The van der Waals surface area contributed by atoms with Gasteiger partial charge in [-0.3, -0.25) is 4.79 Å². The van der Waals surface area contributed by atoms with Crippen LogP contribution in [0.1, 0.15) is 18.4 Å². The molecule has 0 radical (unpaired) electrons. The SMILES string of the molecule is CNCC1CCCN1C(=O)Cc1ccsc1.Cl. The molecule has 17 heavy (non-hydrogen) atoms. The number of likely N-dealkylation sites (tertiary alicyclic amines) is 1. The summed E-state index contributed by atoms with van der Waals surface area (Å²) in [6.07, 6.45) is 2.83. The Hall–Kier alpha value is -0.580. The molecule has 1 saturated heterocycles. The number of amides is 1. The van der Waals surface area contributed by atoms with Crippen LogP contribution < -0.4 is 5.32 Å². The van der Waals surface area contributed by atoms with Crippen LogP contribution in [0, 0.1) is 0 Å². The lowest BCUT2D eigenvalue weighted by molar-refractivity contribution is -0.131. The molecular weight excluding hydrogens is 256 g/mol. The second-order valence-corrected chi connectivity index (χ2v) is 5.03. The van der Waals surface area contributed by atoms with Gasteiger partial charge in [0.25, 0.3) is 0 Å². The first-order valence-corrected chi connectivity index (χ1v) is 6.70. The van der Waals surface area contributed by atoms with E-state index in [2.05, 4.69) is 10.7 Å². The molecule has 0 saturated carbocycles. The number of likely N-dealkylation sites (N-methyl/N-ethyl adjacent to an activating group) is 1. The number of carbonyl (C=O) groups is 1. The molecule has 0 aromatic carbocycles. The molecule has 1 atom stereocenters. The molecule has 2 heterocycles. The maximum absolute atomic E-state index is 12.1. The summed E-state index contributed by atoms with van der Waals surface area (Å²) in [5.74, 6) is 0.274. The fraction of sp³-hybridized carbons (Fsp3) is 0.583. The zero-order chi connectivity index (χ0) is 11.4. The van der Waals surface area contributed by atoms with E-state index >= 15 is 0 Å². The second-order valence-electron chi connectivity index (χ2n) is 4.25. The maximum Gasteiger partial charge on any atom is 0.227 e. The number of hydrogen-bond donors (Lipinski definition) is 1. The molecule has 1 fully saturated rings. The van der Waals surface area contributed by atoms with Gasteiger partial charge < -0.3 is 10.2 Å². The highest BCUT2D eigenvalue weighted by atomic mass is 35.5. The Morgan fingerprint density at radius 2 is 2.47 bits per heavy atom. The Balaban J connectivity index is 0.00000144. The number of nitrogens with one attached hydrogen (secondary N) is 1. The minimum absolute atomic E-state index is 0. The summed E-state index contributed by atoms with van der Waals surface area (Å²) in [6.45, 7) is 1.84. The Kier molecular flexibility index (Phi) is 5.95. The largest absolute Gasteiger partial charge is 0.338 e. The minimum Gasteiger partial charge on any atom is -0.338 e. The van der Waals surface area contributed by atoms with E-state index in [0.29, 0.717) is 12.5 Å².